The Morgan fingerprint density at radius 2 is 2.57 bits per heavy atom. The molecule has 0 fully saturated rings. The molecular weight excluding hydrogens is 184 g/mol. The van der Waals surface area contributed by atoms with E-state index in [0.717, 1.165) is 0 Å². The number of amides is 1. The Morgan fingerprint density at radius 1 is 1.71 bits per heavy atom. The monoisotopic (exact) mass is 214 g/mol. The van der Waals surface area contributed by atoms with Gasteiger partial charge in [0.2, 0.25) is 0 Å². The number of carbonyl (C=O) groups excluding carboxylic acids is 1. The third-order valence-corrected chi connectivity index (χ3v) is 1.76. The second-order valence-electron chi connectivity index (χ2n) is 2.71. The van der Waals surface area contributed by atoms with Crippen LogP contribution in [0.15, 0.2) is 23.3 Å². The summed E-state index contributed by atoms with van der Waals surface area (Å²) in [5, 5.41) is 6.02. The van der Waals surface area contributed by atoms with Crippen LogP contribution in [-0.2, 0) is 4.79 Å². The van der Waals surface area contributed by atoms with Gasteiger partial charge in [-0.2, -0.15) is 0 Å². The highest BCUT2D eigenvalue weighted by Gasteiger charge is 2.15. The quantitative estimate of drug-likeness (QED) is 0.441. The number of nitrogens with one attached hydrogen (secondary N) is 1. The zero-order valence-corrected chi connectivity index (χ0v) is 7.10. The second-order valence-corrected chi connectivity index (χ2v) is 2.71. The Kier molecular flexibility index (Phi) is 0.911. The van der Waals surface area contributed by atoms with Crippen molar-refractivity contribution < 1.29 is 27.3 Å². The van der Waals surface area contributed by atoms with Gasteiger partial charge in [0.1, 0.15) is 5.75 Å². The first-order valence-corrected chi connectivity index (χ1v) is 3.91. The third kappa shape index (κ3) is 1.46. The van der Waals surface area contributed by atoms with Gasteiger partial charge in [0.05, 0.1) is 5.69 Å². The number of carbonyl (C=O) groups is 1. The number of benzene rings is 1. The molecule has 0 aliphatic carbocycles. The number of nitrogens with zero attached hydrogens (tertiary/aromatic N) is 3. The number of rotatable bonds is 1. The Balaban J connectivity index is -0.000000105. The van der Waals surface area contributed by atoms with Crippen LogP contribution in [0.5, 0.6) is 5.75 Å². The number of ether oxygens (including phenoxy) is 1. The average molecular weight is 214 g/mol. The van der Waals surface area contributed by atoms with Crippen molar-refractivity contribution in [3.05, 3.63) is 28.6 Å². The lowest BCUT2D eigenvalue weighted by atomic mass is 10.2. The minimum atomic E-state index is -0.212. The van der Waals surface area contributed by atoms with Crippen molar-refractivity contribution in [3.63, 3.8) is 0 Å². The van der Waals surface area contributed by atoms with E-state index in [2.05, 4.69) is 15.3 Å². The lowest BCUT2D eigenvalue weighted by molar-refractivity contribution is -0.118. The van der Waals surface area contributed by atoms with Crippen molar-refractivity contribution in [2.24, 2.45) is 5.11 Å². The van der Waals surface area contributed by atoms with Gasteiger partial charge in [-0.1, -0.05) is 5.11 Å². The maximum atomic E-state index is 11.0. The van der Waals surface area contributed by atoms with Crippen LogP contribution in [0.3, 0.4) is 0 Å². The smallest absolute Gasteiger partial charge is 0.262 e. The molecule has 1 aromatic carbocycles. The van der Waals surface area contributed by atoms with Crippen molar-refractivity contribution >= 4 is 17.3 Å². The molecule has 0 radical (unpaired) electrons. The summed E-state index contributed by atoms with van der Waals surface area (Å²) in [7, 11) is 0. The van der Waals surface area contributed by atoms with E-state index < -0.39 is 0 Å². The molecule has 0 unspecified atom stereocenters. The maximum Gasteiger partial charge on any atom is 0.262 e. The molecule has 0 atom stereocenters. The molecule has 1 N–H and O–H groups in total. The second kappa shape index (κ2) is 3.27. The van der Waals surface area contributed by atoms with Crippen molar-refractivity contribution in [2.75, 3.05) is 11.9 Å². The van der Waals surface area contributed by atoms with Gasteiger partial charge in [0.25, 0.3) is 5.91 Å². The first kappa shape index (κ1) is 3.89. The van der Waals surface area contributed by atoms with Gasteiger partial charge < -0.3 is 10.1 Å². The molecule has 1 aliphatic heterocycles. The Morgan fingerprint density at radius 3 is 3.36 bits per heavy atom. The van der Waals surface area contributed by atoms with Crippen molar-refractivity contribution in [1.82, 2.24) is 0 Å². The van der Waals surface area contributed by atoms with Gasteiger partial charge in [-0.3, -0.25) is 4.79 Å². The Bertz CT molecular complexity index is 463. The predicted octanol–water partition coefficient (Wildman–Crippen LogP) is 3.44. The molecule has 6 heteroatoms. The van der Waals surface area contributed by atoms with E-state index in [4.69, 9.17) is 28.1 Å². The first-order valence-electron chi connectivity index (χ1n) is 9.91. The number of azide groups is 1. The summed E-state index contributed by atoms with van der Waals surface area (Å²) >= 11 is 0. The molecule has 0 bridgehead atoms. The molecule has 82 valence electrons. The van der Waals surface area contributed by atoms with Crippen LogP contribution in [0.25, 0.3) is 10.4 Å². The number of anilines is 1. The summed E-state index contributed by atoms with van der Waals surface area (Å²) in [6, 6.07) is 4.83. The standard InChI is InChI=1S/C8H6N4O2.6H2/c9-12-11-5-1-2-7-6(3-5)10-8(13)4-14-7;;;;;;/h1-3H,4H2,(H,10,13);6*1H/i;6*1+1D. The molecule has 0 saturated carbocycles. The molecule has 0 saturated heterocycles. The lowest BCUT2D eigenvalue weighted by Gasteiger charge is -2.17. The average Bonchev–Trinajstić information content (AvgIpc) is 2.77. The summed E-state index contributed by atoms with van der Waals surface area (Å²) < 4.78 is 65.1. The van der Waals surface area contributed by atoms with Gasteiger partial charge in [-0.05, 0) is 23.7 Å². The minimum absolute atomic E-state index is 0.0217. The molecule has 14 heavy (non-hydrogen) atoms. The highest BCUT2D eigenvalue weighted by Crippen LogP contribution is 2.31. The van der Waals surface area contributed by atoms with Crippen LogP contribution in [0.4, 0.5) is 11.4 Å². The summed E-state index contributed by atoms with van der Waals surface area (Å²) in [5.41, 5.74) is 9.19. The first-order chi connectivity index (χ1) is 12.8. The van der Waals surface area contributed by atoms with E-state index in [-0.39, 0.29) is 12.5 Å². The van der Waals surface area contributed by atoms with Crippen LogP contribution < -0.4 is 10.1 Å². The normalized spacial score (nSPS) is 16.7. The summed E-state index contributed by atoms with van der Waals surface area (Å²) in [5.74, 6) is 0.372. The predicted molar refractivity (Wildman–Crippen MR) is 62.1 cm³/mol. The van der Waals surface area contributed by atoms with E-state index in [9.17, 15) is 4.79 Å². The highest BCUT2D eigenvalue weighted by atomic mass is 16.5. The van der Waals surface area contributed by atoms with Gasteiger partial charge in [-0.25, -0.2) is 0 Å². The maximum absolute atomic E-state index is 11.0. The van der Waals surface area contributed by atoms with Crippen LogP contribution >= 0.6 is 0 Å². The molecule has 1 aromatic rings. The topological polar surface area (TPSA) is 87.1 Å². The minimum Gasteiger partial charge on any atom is -0.482 e. The Labute approximate surface area is 97.6 Å². The largest absolute Gasteiger partial charge is 0.482 e. The molecular formula is C8H18N4O2. The van der Waals surface area contributed by atoms with Crippen LogP contribution in [0.1, 0.15) is 17.8 Å². The van der Waals surface area contributed by atoms with E-state index in [1.165, 1.54) is 0 Å². The van der Waals surface area contributed by atoms with Crippen LogP contribution in [0, 0.1) is 0 Å². The fraction of sp³-hybridized carbons (Fsp3) is 0.125. The summed E-state index contributed by atoms with van der Waals surface area (Å²) in [6.07, 6.45) is 0. The SMILES string of the molecule is [2H][2H].[2H][2H].[2H][2H].[2H][2H].[2H][2H].[2H][2H].[N-]=[N+]=Nc1ccc2c(c1)NC(=O)CO2. The van der Waals surface area contributed by atoms with Gasteiger partial charge in [0, 0.05) is 28.4 Å². The van der Waals surface area contributed by atoms with Gasteiger partial charge >= 0.3 is 0 Å². The van der Waals surface area contributed by atoms with Gasteiger partial charge in [0.15, 0.2) is 6.61 Å². The molecule has 0 spiro atoms. The lowest BCUT2D eigenvalue weighted by Crippen LogP contribution is -2.25. The fourth-order valence-corrected chi connectivity index (χ4v) is 1.18. The van der Waals surface area contributed by atoms with Gasteiger partial charge in [-0.15, -0.1) is 0 Å². The highest BCUT2D eigenvalue weighted by molar-refractivity contribution is 5.95. The van der Waals surface area contributed by atoms with Crippen LogP contribution in [-0.4, -0.2) is 12.5 Å². The molecule has 1 amide bonds. The molecule has 6 nitrogen and oxygen atoms in total. The number of hydrogen-bond donors (Lipinski definition) is 1. The molecule has 1 aliphatic rings. The Hall–Kier alpha value is -2.20. The molecule has 0 aromatic heterocycles. The fourth-order valence-electron chi connectivity index (χ4n) is 1.18. The molecule has 2 rings (SSSR count). The summed E-state index contributed by atoms with van der Waals surface area (Å²) in [6.45, 7) is 0.0217. The van der Waals surface area contributed by atoms with Crippen molar-refractivity contribution in [2.45, 2.75) is 0 Å². The zero-order valence-electron chi connectivity index (χ0n) is 19.1. The van der Waals surface area contributed by atoms with E-state index in [1.807, 2.05) is 0 Å². The number of fused-ring (bicyclic) bond motifs is 1. The van der Waals surface area contributed by atoms with Crippen molar-refractivity contribution in [3.8, 4) is 5.75 Å². The third-order valence-electron chi connectivity index (χ3n) is 1.76. The van der Waals surface area contributed by atoms with E-state index in [1.54, 1.807) is 18.2 Å². The zero-order chi connectivity index (χ0) is 22.0. The summed E-state index contributed by atoms with van der Waals surface area (Å²) in [4.78, 5) is 13.6. The molecule has 1 heterocycles. The van der Waals surface area contributed by atoms with Crippen molar-refractivity contribution in [1.29, 1.82) is 0 Å². The van der Waals surface area contributed by atoms with E-state index in [0.29, 0.717) is 17.1 Å². The van der Waals surface area contributed by atoms with Crippen LogP contribution in [0.2, 0.25) is 0 Å². The number of hydrogen-bond acceptors (Lipinski definition) is 3. The van der Waals surface area contributed by atoms with E-state index >= 15 is 0 Å².